The van der Waals surface area contributed by atoms with Crippen LogP contribution in [0.2, 0.25) is 0 Å². The van der Waals surface area contributed by atoms with E-state index in [4.69, 9.17) is 4.42 Å². The van der Waals surface area contributed by atoms with Gasteiger partial charge in [0.15, 0.2) is 0 Å². The molecule has 6 aromatic carbocycles. The van der Waals surface area contributed by atoms with Crippen molar-refractivity contribution < 1.29 is 4.42 Å². The quantitative estimate of drug-likeness (QED) is 0.166. The zero-order valence-corrected chi connectivity index (χ0v) is 29.5. The first-order chi connectivity index (χ1) is 26.3. The van der Waals surface area contributed by atoms with Gasteiger partial charge in [0.25, 0.3) is 0 Å². The van der Waals surface area contributed by atoms with Crippen molar-refractivity contribution >= 4 is 33.3 Å². The summed E-state index contributed by atoms with van der Waals surface area (Å²) in [4.78, 5) is 2.42. The highest BCUT2D eigenvalue weighted by Crippen LogP contribution is 2.46. The fraction of sp³-hybridized carbons (Fsp3) is 0.0980. The number of benzene rings is 6. The minimum Gasteiger partial charge on any atom is -0.455 e. The fourth-order valence-electron chi connectivity index (χ4n) is 8.18. The van der Waals surface area contributed by atoms with Crippen LogP contribution in [-0.2, 0) is 0 Å². The van der Waals surface area contributed by atoms with Gasteiger partial charge in [-0.1, -0.05) is 140 Å². The molecular weight excluding hydrogens is 643 g/mol. The molecule has 7 aromatic rings. The molecule has 3 aliphatic rings. The summed E-state index contributed by atoms with van der Waals surface area (Å²) in [5, 5.41) is 2.26. The number of allylic oxidation sites excluding steroid dienone is 9. The molecule has 2 unspecified atom stereocenters. The molecule has 2 heteroatoms. The minimum absolute atomic E-state index is 0.737. The van der Waals surface area contributed by atoms with Crippen LogP contribution >= 0.6 is 0 Å². The lowest BCUT2D eigenvalue weighted by Gasteiger charge is -2.28. The number of para-hydroxylation sites is 2. The third-order valence-electron chi connectivity index (χ3n) is 11.1. The number of hydrogen-bond acceptors (Lipinski definition) is 2. The summed E-state index contributed by atoms with van der Waals surface area (Å²) in [6, 6.07) is 52.0. The number of furan rings is 1. The normalized spacial score (nSPS) is 17.8. The third kappa shape index (κ3) is 5.97. The Balaban J connectivity index is 1.10. The Hall–Kier alpha value is -6.38. The van der Waals surface area contributed by atoms with Crippen LogP contribution in [-0.4, -0.2) is 0 Å². The number of hydrogen-bond donors (Lipinski definition) is 0. The number of nitrogens with zero attached hydrogens (tertiary/aromatic N) is 1. The first-order valence-corrected chi connectivity index (χ1v) is 18.8. The molecule has 53 heavy (non-hydrogen) atoms. The molecule has 254 valence electrons. The lowest BCUT2D eigenvalue weighted by Crippen LogP contribution is -2.16. The maximum atomic E-state index is 6.48. The van der Waals surface area contributed by atoms with E-state index in [2.05, 4.69) is 187 Å². The summed E-state index contributed by atoms with van der Waals surface area (Å²) in [7, 11) is 0. The predicted molar refractivity (Wildman–Crippen MR) is 222 cm³/mol. The van der Waals surface area contributed by atoms with Gasteiger partial charge in [0.2, 0.25) is 0 Å². The van der Waals surface area contributed by atoms with Crippen molar-refractivity contribution in [3.05, 3.63) is 205 Å². The van der Waals surface area contributed by atoms with Crippen molar-refractivity contribution in [1.29, 1.82) is 0 Å². The molecule has 0 bridgehead atoms. The van der Waals surface area contributed by atoms with Crippen molar-refractivity contribution in [2.75, 3.05) is 4.90 Å². The van der Waals surface area contributed by atoms with Gasteiger partial charge < -0.3 is 9.32 Å². The summed E-state index contributed by atoms with van der Waals surface area (Å²) in [5.74, 6) is 1.58. The van der Waals surface area contributed by atoms with Crippen LogP contribution in [0.4, 0.5) is 11.4 Å². The second-order valence-corrected chi connectivity index (χ2v) is 14.4. The Morgan fingerprint density at radius 1 is 0.566 bits per heavy atom. The first kappa shape index (κ1) is 31.4. The zero-order chi connectivity index (χ0) is 35.1. The molecule has 10 rings (SSSR count). The number of fused-ring (bicyclic) bond motifs is 4. The van der Waals surface area contributed by atoms with Gasteiger partial charge in [-0.2, -0.15) is 0 Å². The van der Waals surface area contributed by atoms with Crippen LogP contribution in [0.25, 0.3) is 55.3 Å². The van der Waals surface area contributed by atoms with E-state index in [1.165, 1.54) is 35.1 Å². The van der Waals surface area contributed by atoms with Crippen LogP contribution in [0.1, 0.15) is 19.3 Å². The lowest BCUT2D eigenvalue weighted by atomic mass is 9.95. The summed E-state index contributed by atoms with van der Waals surface area (Å²) in [5.41, 5.74) is 14.9. The molecule has 0 N–H and O–H groups in total. The maximum absolute atomic E-state index is 6.48. The van der Waals surface area contributed by atoms with E-state index in [9.17, 15) is 0 Å². The average molecular weight is 682 g/mol. The smallest absolute Gasteiger partial charge is 0.143 e. The van der Waals surface area contributed by atoms with E-state index >= 15 is 0 Å². The van der Waals surface area contributed by atoms with E-state index in [0.717, 1.165) is 79.5 Å². The van der Waals surface area contributed by atoms with Gasteiger partial charge in [-0.25, -0.2) is 0 Å². The van der Waals surface area contributed by atoms with Crippen LogP contribution < -0.4 is 4.90 Å². The summed E-state index contributed by atoms with van der Waals surface area (Å²) >= 11 is 0. The van der Waals surface area contributed by atoms with Crippen LogP contribution in [0, 0.1) is 11.8 Å². The molecule has 0 radical (unpaired) electrons. The van der Waals surface area contributed by atoms with Gasteiger partial charge in [-0.15, -0.1) is 0 Å². The van der Waals surface area contributed by atoms with Crippen molar-refractivity contribution in [1.82, 2.24) is 0 Å². The van der Waals surface area contributed by atoms with Gasteiger partial charge in [-0.3, -0.25) is 0 Å². The first-order valence-electron chi connectivity index (χ1n) is 18.8. The highest BCUT2D eigenvalue weighted by Gasteiger charge is 2.35. The summed E-state index contributed by atoms with van der Waals surface area (Å²) in [6.45, 7) is 0. The minimum atomic E-state index is 0.737. The highest BCUT2D eigenvalue weighted by molar-refractivity contribution is 6.11. The molecule has 1 fully saturated rings. The average Bonchev–Trinajstić information content (AvgIpc) is 3.95. The Morgan fingerprint density at radius 3 is 2.13 bits per heavy atom. The highest BCUT2D eigenvalue weighted by atomic mass is 16.3. The number of rotatable bonds is 7. The van der Waals surface area contributed by atoms with Gasteiger partial charge in [-0.05, 0) is 113 Å². The number of anilines is 2. The molecular formula is C51H39NO. The zero-order valence-electron chi connectivity index (χ0n) is 29.5. The molecule has 0 amide bonds. The monoisotopic (exact) mass is 681 g/mol. The molecule has 0 aliphatic heterocycles. The van der Waals surface area contributed by atoms with E-state index in [1.54, 1.807) is 0 Å². The molecule has 2 atom stereocenters. The Bertz CT molecular complexity index is 2630. The second kappa shape index (κ2) is 13.3. The molecule has 1 aromatic heterocycles. The summed E-state index contributed by atoms with van der Waals surface area (Å²) < 4.78 is 6.48. The van der Waals surface area contributed by atoms with E-state index < -0.39 is 0 Å². The maximum Gasteiger partial charge on any atom is 0.143 e. The molecule has 1 saturated carbocycles. The molecule has 3 aliphatic carbocycles. The topological polar surface area (TPSA) is 16.4 Å². The van der Waals surface area contributed by atoms with Crippen LogP contribution in [0.15, 0.2) is 209 Å². The van der Waals surface area contributed by atoms with E-state index in [-0.39, 0.29) is 0 Å². The second-order valence-electron chi connectivity index (χ2n) is 14.4. The Labute approximate surface area is 311 Å². The third-order valence-corrected chi connectivity index (χ3v) is 11.1. The van der Waals surface area contributed by atoms with E-state index in [1.807, 2.05) is 6.07 Å². The fourth-order valence-corrected chi connectivity index (χ4v) is 8.18. The van der Waals surface area contributed by atoms with E-state index in [0.29, 0.717) is 0 Å². The molecule has 0 spiro atoms. The van der Waals surface area contributed by atoms with Gasteiger partial charge >= 0.3 is 0 Å². The van der Waals surface area contributed by atoms with Gasteiger partial charge in [0.1, 0.15) is 11.2 Å². The lowest BCUT2D eigenvalue weighted by molar-refractivity contribution is 0.670. The molecule has 2 nitrogen and oxygen atoms in total. The standard InChI is InChI=1S/C51H39NO/c1-3-13-37(14-4-1)45-21-7-9-23-49(45)52(43-20-12-17-35(25-28-43)39-18-11-19-40-32-41(40)31-39)44-29-26-36(27-30-44)42-33-47(38-15-5-2-6-16-38)51-48(34-42)46-22-8-10-24-50(46)53-51/h1-16,18,20-31,33-34,40-41H,17,19,32H2. The molecule has 1 heterocycles. The predicted octanol–water partition coefficient (Wildman–Crippen LogP) is 14.0. The molecule has 0 saturated heterocycles. The van der Waals surface area contributed by atoms with Crippen molar-refractivity contribution in [3.8, 4) is 33.4 Å². The van der Waals surface area contributed by atoms with Crippen molar-refractivity contribution in [2.45, 2.75) is 19.3 Å². The Kier molecular flexibility index (Phi) is 7.87. The summed E-state index contributed by atoms with van der Waals surface area (Å²) in [6.07, 6.45) is 20.0. The SMILES string of the molecule is C1=CC(N(c2ccc(-c3cc(-c4ccccc4)c4oc5ccccc5c4c3)cc2)c2ccccc2-c2ccccc2)=CC=C(C2=CC3CC3CC=C2)C1. The van der Waals surface area contributed by atoms with Crippen molar-refractivity contribution in [3.63, 3.8) is 0 Å². The van der Waals surface area contributed by atoms with Crippen LogP contribution in [0.5, 0.6) is 0 Å². The largest absolute Gasteiger partial charge is 0.455 e. The van der Waals surface area contributed by atoms with Gasteiger partial charge in [0, 0.05) is 33.3 Å². The Morgan fingerprint density at radius 2 is 1.30 bits per heavy atom. The van der Waals surface area contributed by atoms with Crippen molar-refractivity contribution in [2.24, 2.45) is 11.8 Å². The van der Waals surface area contributed by atoms with Gasteiger partial charge in [0.05, 0.1) is 5.69 Å². The van der Waals surface area contributed by atoms with Crippen LogP contribution in [0.3, 0.4) is 0 Å².